The summed E-state index contributed by atoms with van der Waals surface area (Å²) < 4.78 is 0. The Bertz CT molecular complexity index is 238. The van der Waals surface area contributed by atoms with Gasteiger partial charge in [0.15, 0.2) is 0 Å². The van der Waals surface area contributed by atoms with Crippen LogP contribution in [0, 0.1) is 5.92 Å². The van der Waals surface area contributed by atoms with Crippen LogP contribution in [0.3, 0.4) is 0 Å². The van der Waals surface area contributed by atoms with Gasteiger partial charge in [-0.15, -0.1) is 0 Å². The number of aliphatic carboxylic acids is 1. The first-order valence-corrected chi connectivity index (χ1v) is 6.59. The highest BCUT2D eigenvalue weighted by Crippen LogP contribution is 2.18. The highest BCUT2D eigenvalue weighted by atomic mass is 16.4. The molecule has 1 atom stereocenters. The molecular weight excluding hydrogens is 216 g/mol. The fraction of sp³-hybridized carbons (Fsp3) is 0.923. The second-order valence-corrected chi connectivity index (χ2v) is 5.47. The molecule has 17 heavy (non-hydrogen) atoms. The third-order valence-electron chi connectivity index (χ3n) is 3.91. The van der Waals surface area contributed by atoms with E-state index >= 15 is 0 Å². The topological polar surface area (TPSA) is 43.8 Å². The van der Waals surface area contributed by atoms with Gasteiger partial charge in [-0.2, -0.15) is 0 Å². The molecule has 0 amide bonds. The summed E-state index contributed by atoms with van der Waals surface area (Å²) >= 11 is 0. The van der Waals surface area contributed by atoms with Crippen LogP contribution in [0.1, 0.15) is 32.6 Å². The highest BCUT2D eigenvalue weighted by molar-refractivity contribution is 5.66. The minimum atomic E-state index is -0.690. The number of hydrogen-bond acceptors (Lipinski definition) is 3. The lowest BCUT2D eigenvalue weighted by Crippen LogP contribution is -2.39. The summed E-state index contributed by atoms with van der Waals surface area (Å²) in [5.41, 5.74) is 0. The molecular formula is C13H26N2O2. The fourth-order valence-electron chi connectivity index (χ4n) is 2.38. The highest BCUT2D eigenvalue weighted by Gasteiger charge is 2.20. The average molecular weight is 242 g/mol. The molecule has 1 fully saturated rings. The average Bonchev–Trinajstić information content (AvgIpc) is 2.28. The zero-order chi connectivity index (χ0) is 12.8. The number of carboxylic acid groups (broad SMARTS) is 1. The maximum Gasteiger partial charge on any atom is 0.303 e. The van der Waals surface area contributed by atoms with Crippen LogP contribution in [-0.4, -0.2) is 60.6 Å². The van der Waals surface area contributed by atoms with Crippen LogP contribution in [-0.2, 0) is 4.79 Å². The summed E-state index contributed by atoms with van der Waals surface area (Å²) in [4.78, 5) is 15.2. The lowest BCUT2D eigenvalue weighted by Gasteiger charge is -2.33. The van der Waals surface area contributed by atoms with Crippen LogP contribution in [0.2, 0.25) is 0 Å². The molecule has 0 spiro atoms. The standard InChI is InChI=1S/C13H26N2O2/c1-11(4-5-13(16)17)15(3)10-12-6-8-14(2)9-7-12/h11-12H,4-10H2,1-3H3,(H,16,17). The van der Waals surface area contributed by atoms with Crippen molar-refractivity contribution in [1.82, 2.24) is 9.80 Å². The Kier molecular flexibility index (Phi) is 5.92. The van der Waals surface area contributed by atoms with Crippen molar-refractivity contribution in [2.75, 3.05) is 33.7 Å². The molecule has 0 saturated carbocycles. The molecule has 0 aromatic rings. The van der Waals surface area contributed by atoms with Crippen molar-refractivity contribution in [3.63, 3.8) is 0 Å². The normalized spacial score (nSPS) is 20.7. The molecule has 100 valence electrons. The van der Waals surface area contributed by atoms with Crippen LogP contribution < -0.4 is 0 Å². The first kappa shape index (κ1) is 14.5. The van der Waals surface area contributed by atoms with Crippen LogP contribution in [0.15, 0.2) is 0 Å². The molecule has 1 saturated heterocycles. The third kappa shape index (κ3) is 5.50. The van der Waals surface area contributed by atoms with Crippen molar-refractivity contribution in [2.45, 2.75) is 38.6 Å². The number of nitrogens with zero attached hydrogens (tertiary/aromatic N) is 2. The van der Waals surface area contributed by atoms with E-state index < -0.39 is 5.97 Å². The summed E-state index contributed by atoms with van der Waals surface area (Å²) in [6, 6.07) is 0.366. The number of likely N-dealkylation sites (tertiary alicyclic amines) is 1. The van der Waals surface area contributed by atoms with E-state index in [0.717, 1.165) is 18.9 Å². The van der Waals surface area contributed by atoms with Gasteiger partial charge in [-0.25, -0.2) is 0 Å². The molecule has 1 heterocycles. The zero-order valence-corrected chi connectivity index (χ0v) is 11.4. The lowest BCUT2D eigenvalue weighted by atomic mass is 9.96. The number of piperidine rings is 1. The van der Waals surface area contributed by atoms with Gasteiger partial charge in [-0.05, 0) is 59.3 Å². The number of hydrogen-bond donors (Lipinski definition) is 1. The van der Waals surface area contributed by atoms with Gasteiger partial charge in [-0.3, -0.25) is 4.79 Å². The molecule has 0 radical (unpaired) electrons. The van der Waals surface area contributed by atoms with Gasteiger partial charge >= 0.3 is 5.97 Å². The molecule has 0 bridgehead atoms. The van der Waals surface area contributed by atoms with Gasteiger partial charge < -0.3 is 14.9 Å². The van der Waals surface area contributed by atoms with Crippen molar-refractivity contribution in [2.24, 2.45) is 5.92 Å². The van der Waals surface area contributed by atoms with Gasteiger partial charge in [0.25, 0.3) is 0 Å². The first-order valence-electron chi connectivity index (χ1n) is 6.59. The van der Waals surface area contributed by atoms with Gasteiger partial charge in [0.2, 0.25) is 0 Å². The predicted octanol–water partition coefficient (Wildman–Crippen LogP) is 1.51. The van der Waals surface area contributed by atoms with Gasteiger partial charge in [-0.1, -0.05) is 0 Å². The summed E-state index contributed by atoms with van der Waals surface area (Å²) in [5, 5.41) is 8.67. The Hall–Kier alpha value is -0.610. The molecule has 0 aliphatic carbocycles. The summed E-state index contributed by atoms with van der Waals surface area (Å²) in [5.74, 6) is 0.0908. The largest absolute Gasteiger partial charge is 0.481 e. The maximum atomic E-state index is 10.5. The fourth-order valence-corrected chi connectivity index (χ4v) is 2.38. The minimum Gasteiger partial charge on any atom is -0.481 e. The Morgan fingerprint density at radius 1 is 1.47 bits per heavy atom. The summed E-state index contributed by atoms with van der Waals surface area (Å²) in [6.07, 6.45) is 3.57. The summed E-state index contributed by atoms with van der Waals surface area (Å²) in [6.45, 7) is 5.62. The monoisotopic (exact) mass is 242 g/mol. The van der Waals surface area contributed by atoms with E-state index in [1.54, 1.807) is 0 Å². The van der Waals surface area contributed by atoms with Crippen molar-refractivity contribution in [3.8, 4) is 0 Å². The van der Waals surface area contributed by atoms with Crippen molar-refractivity contribution < 1.29 is 9.90 Å². The second-order valence-electron chi connectivity index (χ2n) is 5.47. The molecule has 1 aliphatic heterocycles. The molecule has 0 aromatic heterocycles. The second kappa shape index (κ2) is 6.97. The smallest absolute Gasteiger partial charge is 0.303 e. The van der Waals surface area contributed by atoms with Crippen LogP contribution in [0.25, 0.3) is 0 Å². The maximum absolute atomic E-state index is 10.5. The van der Waals surface area contributed by atoms with Crippen LogP contribution in [0.4, 0.5) is 0 Å². The number of carbonyl (C=O) groups is 1. The Morgan fingerprint density at radius 3 is 2.59 bits per heavy atom. The van der Waals surface area contributed by atoms with E-state index in [2.05, 4.69) is 30.8 Å². The van der Waals surface area contributed by atoms with E-state index in [4.69, 9.17) is 5.11 Å². The van der Waals surface area contributed by atoms with E-state index in [0.29, 0.717) is 6.04 Å². The molecule has 1 N–H and O–H groups in total. The molecule has 1 aliphatic rings. The van der Waals surface area contributed by atoms with Crippen LogP contribution in [0.5, 0.6) is 0 Å². The van der Waals surface area contributed by atoms with Crippen molar-refractivity contribution in [3.05, 3.63) is 0 Å². The Balaban J connectivity index is 2.23. The molecule has 1 rings (SSSR count). The third-order valence-corrected chi connectivity index (χ3v) is 3.91. The van der Waals surface area contributed by atoms with Crippen molar-refractivity contribution in [1.29, 1.82) is 0 Å². The Morgan fingerprint density at radius 2 is 2.06 bits per heavy atom. The SMILES string of the molecule is CC(CCC(=O)O)N(C)CC1CCN(C)CC1. The zero-order valence-electron chi connectivity index (χ0n) is 11.4. The minimum absolute atomic E-state index is 0.277. The quantitative estimate of drug-likeness (QED) is 0.767. The first-order chi connectivity index (χ1) is 7.99. The molecule has 0 aromatic carbocycles. The Labute approximate surface area is 105 Å². The van der Waals surface area contributed by atoms with Gasteiger partial charge in [0.05, 0.1) is 0 Å². The van der Waals surface area contributed by atoms with E-state index in [-0.39, 0.29) is 6.42 Å². The number of rotatable bonds is 6. The predicted molar refractivity (Wildman–Crippen MR) is 69.2 cm³/mol. The lowest BCUT2D eigenvalue weighted by molar-refractivity contribution is -0.137. The molecule has 4 nitrogen and oxygen atoms in total. The summed E-state index contributed by atoms with van der Waals surface area (Å²) in [7, 11) is 4.29. The van der Waals surface area contributed by atoms with Crippen LogP contribution >= 0.6 is 0 Å². The molecule has 4 heteroatoms. The molecule has 1 unspecified atom stereocenters. The van der Waals surface area contributed by atoms with Gasteiger partial charge in [0.1, 0.15) is 0 Å². The van der Waals surface area contributed by atoms with Gasteiger partial charge in [0, 0.05) is 19.0 Å². The van der Waals surface area contributed by atoms with E-state index in [1.165, 1.54) is 25.9 Å². The van der Waals surface area contributed by atoms with E-state index in [1.807, 2.05) is 0 Å². The van der Waals surface area contributed by atoms with E-state index in [9.17, 15) is 4.79 Å². The van der Waals surface area contributed by atoms with Crippen molar-refractivity contribution >= 4 is 5.97 Å². The number of carboxylic acids is 1.